The van der Waals surface area contributed by atoms with Crippen molar-refractivity contribution in [2.24, 2.45) is 0 Å². The Balaban J connectivity index is 1.78. The molecule has 116 valence electrons. The molecule has 0 radical (unpaired) electrons. The Kier molecular flexibility index (Phi) is 4.12. The van der Waals surface area contributed by atoms with Crippen molar-refractivity contribution in [1.29, 1.82) is 0 Å². The first-order chi connectivity index (χ1) is 11.0. The first-order valence-electron chi connectivity index (χ1n) is 6.51. The highest BCUT2D eigenvalue weighted by molar-refractivity contribution is 7.14. The van der Waals surface area contributed by atoms with E-state index in [2.05, 4.69) is 10.3 Å². The van der Waals surface area contributed by atoms with Crippen LogP contribution >= 0.6 is 11.3 Å². The second-order valence-corrected chi connectivity index (χ2v) is 5.48. The number of hydrogen-bond acceptors (Lipinski definition) is 3. The molecule has 1 amide bonds. The van der Waals surface area contributed by atoms with Crippen molar-refractivity contribution in [3.8, 4) is 11.3 Å². The molecule has 7 heteroatoms. The number of nitrogens with one attached hydrogen (secondary N) is 1. The number of halogens is 3. The average molecular weight is 334 g/mol. The summed E-state index contributed by atoms with van der Waals surface area (Å²) in [5.74, 6) is -2.78. The van der Waals surface area contributed by atoms with E-state index in [1.165, 1.54) is 12.1 Å². The molecule has 0 saturated heterocycles. The molecular formula is C16H9F3N2OS. The van der Waals surface area contributed by atoms with Gasteiger partial charge in [0.05, 0.1) is 11.3 Å². The van der Waals surface area contributed by atoms with Gasteiger partial charge in [0.1, 0.15) is 17.5 Å². The van der Waals surface area contributed by atoms with Gasteiger partial charge in [0.15, 0.2) is 5.13 Å². The predicted octanol–water partition coefficient (Wildman–Crippen LogP) is 4.48. The van der Waals surface area contributed by atoms with Crippen molar-refractivity contribution < 1.29 is 18.0 Å². The molecule has 1 heterocycles. The van der Waals surface area contributed by atoms with E-state index in [4.69, 9.17) is 0 Å². The van der Waals surface area contributed by atoms with Crippen LogP contribution < -0.4 is 5.32 Å². The zero-order valence-electron chi connectivity index (χ0n) is 11.5. The molecule has 23 heavy (non-hydrogen) atoms. The Morgan fingerprint density at radius 1 is 1.00 bits per heavy atom. The number of anilines is 1. The maximum absolute atomic E-state index is 13.6. The van der Waals surface area contributed by atoms with E-state index >= 15 is 0 Å². The average Bonchev–Trinajstić information content (AvgIpc) is 2.96. The minimum absolute atomic E-state index is 0.262. The summed E-state index contributed by atoms with van der Waals surface area (Å²) in [6.45, 7) is 0. The van der Waals surface area contributed by atoms with Gasteiger partial charge in [0.25, 0.3) is 5.91 Å². The highest BCUT2D eigenvalue weighted by atomic mass is 32.1. The summed E-state index contributed by atoms with van der Waals surface area (Å²) in [6.07, 6.45) is 0. The number of rotatable bonds is 3. The number of carbonyl (C=O) groups excluding carboxylic acids is 1. The molecule has 0 fully saturated rings. The van der Waals surface area contributed by atoms with Crippen molar-refractivity contribution in [2.75, 3.05) is 5.32 Å². The molecule has 3 aromatic rings. The number of carbonyl (C=O) groups is 1. The maximum Gasteiger partial charge on any atom is 0.260 e. The second kappa shape index (κ2) is 6.21. The van der Waals surface area contributed by atoms with Crippen molar-refractivity contribution in [2.45, 2.75) is 0 Å². The molecule has 3 rings (SSSR count). The van der Waals surface area contributed by atoms with Crippen molar-refractivity contribution in [3.05, 3.63) is 70.9 Å². The van der Waals surface area contributed by atoms with E-state index < -0.39 is 17.5 Å². The van der Waals surface area contributed by atoms with Gasteiger partial charge < -0.3 is 0 Å². The smallest absolute Gasteiger partial charge is 0.260 e. The lowest BCUT2D eigenvalue weighted by atomic mass is 10.2. The number of thiazole rings is 1. The van der Waals surface area contributed by atoms with Crippen LogP contribution in [-0.4, -0.2) is 10.9 Å². The summed E-state index contributed by atoms with van der Waals surface area (Å²) < 4.78 is 39.3. The van der Waals surface area contributed by atoms with Gasteiger partial charge in [-0.3, -0.25) is 10.1 Å². The molecule has 2 aromatic carbocycles. The number of hydrogen-bond donors (Lipinski definition) is 1. The lowest BCUT2D eigenvalue weighted by Crippen LogP contribution is -2.13. The van der Waals surface area contributed by atoms with Crippen molar-refractivity contribution in [3.63, 3.8) is 0 Å². The van der Waals surface area contributed by atoms with Crippen molar-refractivity contribution >= 4 is 22.4 Å². The predicted molar refractivity (Wildman–Crippen MR) is 81.8 cm³/mol. The fourth-order valence-electron chi connectivity index (χ4n) is 1.92. The Morgan fingerprint density at radius 2 is 1.70 bits per heavy atom. The third kappa shape index (κ3) is 3.40. The zero-order chi connectivity index (χ0) is 16.4. The molecule has 3 nitrogen and oxygen atoms in total. The summed E-state index contributed by atoms with van der Waals surface area (Å²) in [5.41, 5.74) is 0.978. The van der Waals surface area contributed by atoms with E-state index in [1.54, 1.807) is 17.5 Å². The molecule has 0 aliphatic rings. The Hall–Kier alpha value is -2.67. The fourth-order valence-corrected chi connectivity index (χ4v) is 2.64. The van der Waals surface area contributed by atoms with Gasteiger partial charge in [0, 0.05) is 17.0 Å². The summed E-state index contributed by atoms with van der Waals surface area (Å²) in [6, 6.07) is 8.45. The minimum Gasteiger partial charge on any atom is -0.298 e. The lowest BCUT2D eigenvalue weighted by Gasteiger charge is -2.03. The maximum atomic E-state index is 13.6. The van der Waals surface area contributed by atoms with E-state index in [-0.39, 0.29) is 16.5 Å². The molecule has 0 spiro atoms. The topological polar surface area (TPSA) is 42.0 Å². The molecule has 0 unspecified atom stereocenters. The molecular weight excluding hydrogens is 325 g/mol. The molecule has 0 bridgehead atoms. The number of aromatic nitrogens is 1. The summed E-state index contributed by atoms with van der Waals surface area (Å²) in [5, 5.41) is 4.40. The molecule has 0 saturated carbocycles. The number of benzene rings is 2. The summed E-state index contributed by atoms with van der Waals surface area (Å²) in [4.78, 5) is 16.2. The number of nitrogens with zero attached hydrogens (tertiary/aromatic N) is 1. The third-order valence-electron chi connectivity index (χ3n) is 3.04. The van der Waals surface area contributed by atoms with E-state index in [0.717, 1.165) is 23.5 Å². The van der Waals surface area contributed by atoms with Gasteiger partial charge in [-0.15, -0.1) is 11.3 Å². The monoisotopic (exact) mass is 334 g/mol. The quantitative estimate of drug-likeness (QED) is 0.767. The van der Waals surface area contributed by atoms with Crippen LogP contribution in [0.3, 0.4) is 0 Å². The minimum atomic E-state index is -0.946. The van der Waals surface area contributed by atoms with Crippen LogP contribution in [0.1, 0.15) is 10.4 Å². The Bertz CT molecular complexity index is 862. The van der Waals surface area contributed by atoms with Crippen LogP contribution in [0.2, 0.25) is 0 Å². The van der Waals surface area contributed by atoms with Gasteiger partial charge in [-0.1, -0.05) is 0 Å². The zero-order valence-corrected chi connectivity index (χ0v) is 12.3. The summed E-state index contributed by atoms with van der Waals surface area (Å²) >= 11 is 1.15. The highest BCUT2D eigenvalue weighted by Crippen LogP contribution is 2.25. The molecule has 0 aliphatic carbocycles. The van der Waals surface area contributed by atoms with E-state index in [1.807, 2.05) is 0 Å². The SMILES string of the molecule is O=C(Nc1nc(-c2ccc(F)cc2)cs1)c1ccc(F)cc1F. The number of amides is 1. The van der Waals surface area contributed by atoms with Gasteiger partial charge in [-0.05, 0) is 36.4 Å². The van der Waals surface area contributed by atoms with Gasteiger partial charge in [-0.2, -0.15) is 0 Å². The van der Waals surface area contributed by atoms with Gasteiger partial charge in [0.2, 0.25) is 0 Å². The standard InChI is InChI=1S/C16H9F3N2OS/c17-10-3-1-9(2-4-10)14-8-23-16(20-14)21-15(22)12-6-5-11(18)7-13(12)19/h1-8H,(H,20,21,22). The Morgan fingerprint density at radius 3 is 2.39 bits per heavy atom. The van der Waals surface area contributed by atoms with Gasteiger partial charge >= 0.3 is 0 Å². The molecule has 1 aromatic heterocycles. The molecule has 0 atom stereocenters. The third-order valence-corrected chi connectivity index (χ3v) is 3.80. The largest absolute Gasteiger partial charge is 0.298 e. The van der Waals surface area contributed by atoms with E-state index in [0.29, 0.717) is 17.3 Å². The van der Waals surface area contributed by atoms with Crippen LogP contribution in [0.4, 0.5) is 18.3 Å². The van der Waals surface area contributed by atoms with Crippen LogP contribution in [0, 0.1) is 17.5 Å². The van der Waals surface area contributed by atoms with Crippen LogP contribution in [0.15, 0.2) is 47.8 Å². The highest BCUT2D eigenvalue weighted by Gasteiger charge is 2.14. The normalized spacial score (nSPS) is 10.6. The molecule has 1 N–H and O–H groups in total. The van der Waals surface area contributed by atoms with Crippen LogP contribution in [0.25, 0.3) is 11.3 Å². The fraction of sp³-hybridized carbons (Fsp3) is 0. The first kappa shape index (κ1) is 15.2. The molecule has 0 aliphatic heterocycles. The lowest BCUT2D eigenvalue weighted by molar-refractivity contribution is 0.102. The first-order valence-corrected chi connectivity index (χ1v) is 7.39. The van der Waals surface area contributed by atoms with Crippen LogP contribution in [0.5, 0.6) is 0 Å². The second-order valence-electron chi connectivity index (χ2n) is 4.62. The van der Waals surface area contributed by atoms with E-state index in [9.17, 15) is 18.0 Å². The van der Waals surface area contributed by atoms with Crippen LogP contribution in [-0.2, 0) is 0 Å². The van der Waals surface area contributed by atoms with Crippen molar-refractivity contribution in [1.82, 2.24) is 4.98 Å². The summed E-state index contributed by atoms with van der Waals surface area (Å²) in [7, 11) is 0. The van der Waals surface area contributed by atoms with Gasteiger partial charge in [-0.25, -0.2) is 18.2 Å². The Labute approximate surface area is 133 Å².